The Morgan fingerprint density at radius 3 is 2.42 bits per heavy atom. The first-order valence-corrected chi connectivity index (χ1v) is 8.37. The second kappa shape index (κ2) is 7.88. The molecule has 136 valence electrons. The molecule has 0 atom stereocenters. The van der Waals surface area contributed by atoms with E-state index in [0.717, 1.165) is 22.4 Å². The largest absolute Gasteiger partial charge is 0.497 e. The summed E-state index contributed by atoms with van der Waals surface area (Å²) >= 11 is 0. The van der Waals surface area contributed by atoms with Gasteiger partial charge in [0.2, 0.25) is 0 Å². The number of hydrogen-bond donors (Lipinski definition) is 2. The van der Waals surface area contributed by atoms with E-state index in [9.17, 15) is 4.79 Å². The molecule has 0 amide bonds. The van der Waals surface area contributed by atoms with Crippen LogP contribution in [0.15, 0.2) is 53.3 Å². The molecule has 2 N–H and O–H groups in total. The monoisotopic (exact) mass is 354 g/mol. The Morgan fingerprint density at radius 2 is 1.81 bits per heavy atom. The first kappa shape index (κ1) is 17.8. The number of aliphatic hydroxyl groups is 1. The molecule has 0 spiro atoms. The van der Waals surface area contributed by atoms with E-state index in [2.05, 4.69) is 10.5 Å². The number of aromatic nitrogens is 3. The molecule has 3 aromatic rings. The lowest BCUT2D eigenvalue weighted by molar-refractivity contribution is 0.267. The van der Waals surface area contributed by atoms with Crippen molar-refractivity contribution in [1.82, 2.24) is 14.5 Å². The number of nitrogens with zero attached hydrogens (tertiary/aromatic N) is 3. The van der Waals surface area contributed by atoms with Gasteiger partial charge in [-0.3, -0.25) is 0 Å². The highest BCUT2D eigenvalue weighted by molar-refractivity contribution is 5.55. The van der Waals surface area contributed by atoms with Crippen LogP contribution in [0.5, 0.6) is 5.75 Å². The van der Waals surface area contributed by atoms with Gasteiger partial charge in [0.25, 0.3) is 0 Å². The number of aliphatic hydroxyl groups excluding tert-OH is 1. The topological polar surface area (TPSA) is 81.3 Å². The van der Waals surface area contributed by atoms with Gasteiger partial charge in [-0.1, -0.05) is 42.0 Å². The first-order valence-electron chi connectivity index (χ1n) is 8.37. The number of ether oxygens (including phenoxy) is 1. The van der Waals surface area contributed by atoms with E-state index in [4.69, 9.17) is 9.84 Å². The zero-order valence-electron chi connectivity index (χ0n) is 14.8. The molecule has 0 saturated carbocycles. The van der Waals surface area contributed by atoms with Gasteiger partial charge in [0.15, 0.2) is 5.82 Å². The predicted molar refractivity (Wildman–Crippen MR) is 99.8 cm³/mol. The summed E-state index contributed by atoms with van der Waals surface area (Å²) in [7, 11) is 1.62. The normalized spacial score (nSPS) is 10.7. The Balaban J connectivity index is 1.90. The Hall–Kier alpha value is -3.06. The average molecular weight is 354 g/mol. The second-order valence-electron chi connectivity index (χ2n) is 5.94. The molecule has 0 aliphatic carbocycles. The predicted octanol–water partition coefficient (Wildman–Crippen LogP) is 1.76. The van der Waals surface area contributed by atoms with Gasteiger partial charge in [-0.05, 0) is 24.6 Å². The summed E-state index contributed by atoms with van der Waals surface area (Å²) in [5.74, 6) is 1.29. The molecule has 7 heteroatoms. The molecule has 1 heterocycles. The van der Waals surface area contributed by atoms with Crippen molar-refractivity contribution in [2.45, 2.75) is 20.0 Å². The molecule has 1 aromatic heterocycles. The van der Waals surface area contributed by atoms with Crippen LogP contribution >= 0.6 is 0 Å². The molecular formula is C19H22N4O3. The molecule has 0 fully saturated rings. The SMILES string of the molecule is COc1ccc(CNn2c(-c3ccc(C)cc3)nn(CCO)c2=O)cc1. The molecule has 0 aliphatic heterocycles. The van der Waals surface area contributed by atoms with E-state index in [1.807, 2.05) is 55.5 Å². The fraction of sp³-hybridized carbons (Fsp3) is 0.263. The van der Waals surface area contributed by atoms with E-state index in [0.29, 0.717) is 12.4 Å². The van der Waals surface area contributed by atoms with Gasteiger partial charge in [0.1, 0.15) is 5.75 Å². The number of methoxy groups -OCH3 is 1. The maximum atomic E-state index is 12.6. The Kier molecular flexibility index (Phi) is 5.38. The highest BCUT2D eigenvalue weighted by Gasteiger charge is 2.14. The quantitative estimate of drug-likeness (QED) is 0.676. The third-order valence-electron chi connectivity index (χ3n) is 4.06. The van der Waals surface area contributed by atoms with Crippen LogP contribution in [0.4, 0.5) is 0 Å². The minimum atomic E-state index is -0.317. The standard InChI is InChI=1S/C19H22N4O3/c1-14-3-7-16(8-4-14)18-21-22(11-12-24)19(25)23(18)20-13-15-5-9-17(26-2)10-6-15/h3-10,20,24H,11-13H2,1-2H3. The summed E-state index contributed by atoms with van der Waals surface area (Å²) in [4.78, 5) is 12.6. The van der Waals surface area contributed by atoms with Crippen LogP contribution in [0.3, 0.4) is 0 Å². The number of hydrogen-bond acceptors (Lipinski definition) is 5. The fourth-order valence-corrected chi connectivity index (χ4v) is 2.59. The van der Waals surface area contributed by atoms with Gasteiger partial charge >= 0.3 is 5.69 Å². The van der Waals surface area contributed by atoms with Gasteiger partial charge in [-0.15, -0.1) is 5.10 Å². The van der Waals surface area contributed by atoms with Crippen LogP contribution in [-0.2, 0) is 13.1 Å². The first-order chi connectivity index (χ1) is 12.6. The summed E-state index contributed by atoms with van der Waals surface area (Å²) in [5, 5.41) is 13.5. The Bertz CT molecular complexity index is 911. The van der Waals surface area contributed by atoms with Crippen molar-refractivity contribution in [3.63, 3.8) is 0 Å². The highest BCUT2D eigenvalue weighted by atomic mass is 16.5. The minimum absolute atomic E-state index is 0.148. The average Bonchev–Trinajstić information content (AvgIpc) is 2.97. The molecule has 3 rings (SSSR count). The molecule has 0 bridgehead atoms. The third-order valence-corrected chi connectivity index (χ3v) is 4.06. The maximum Gasteiger partial charge on any atom is 0.365 e. The summed E-state index contributed by atoms with van der Waals surface area (Å²) in [6.45, 7) is 2.45. The maximum absolute atomic E-state index is 12.6. The summed E-state index contributed by atoms with van der Waals surface area (Å²) in [6.07, 6.45) is 0. The van der Waals surface area contributed by atoms with Crippen LogP contribution in [0.1, 0.15) is 11.1 Å². The summed E-state index contributed by atoms with van der Waals surface area (Å²) in [6, 6.07) is 15.4. The van der Waals surface area contributed by atoms with Crippen LogP contribution in [0.2, 0.25) is 0 Å². The summed E-state index contributed by atoms with van der Waals surface area (Å²) < 4.78 is 7.84. The molecule has 7 nitrogen and oxygen atoms in total. The molecular weight excluding hydrogens is 332 g/mol. The van der Waals surface area contributed by atoms with E-state index >= 15 is 0 Å². The van der Waals surface area contributed by atoms with Crippen molar-refractivity contribution in [3.8, 4) is 17.1 Å². The van der Waals surface area contributed by atoms with E-state index in [1.165, 1.54) is 9.36 Å². The van der Waals surface area contributed by atoms with Crippen LogP contribution in [0.25, 0.3) is 11.4 Å². The molecule has 0 saturated heterocycles. The van der Waals surface area contributed by atoms with Crippen molar-refractivity contribution in [3.05, 3.63) is 70.1 Å². The van der Waals surface area contributed by atoms with Crippen LogP contribution in [0, 0.1) is 6.92 Å². The number of benzene rings is 2. The molecule has 0 radical (unpaired) electrons. The van der Waals surface area contributed by atoms with Crippen molar-refractivity contribution in [2.24, 2.45) is 0 Å². The van der Waals surface area contributed by atoms with Gasteiger partial charge in [-0.25, -0.2) is 9.48 Å². The number of rotatable bonds is 7. The van der Waals surface area contributed by atoms with Crippen molar-refractivity contribution >= 4 is 0 Å². The Morgan fingerprint density at radius 1 is 1.12 bits per heavy atom. The van der Waals surface area contributed by atoms with Crippen LogP contribution < -0.4 is 15.9 Å². The molecule has 26 heavy (non-hydrogen) atoms. The van der Waals surface area contributed by atoms with Gasteiger partial charge in [0, 0.05) is 5.56 Å². The minimum Gasteiger partial charge on any atom is -0.497 e. The number of aryl methyl sites for hydroxylation is 1. The van der Waals surface area contributed by atoms with Crippen molar-refractivity contribution in [2.75, 3.05) is 19.1 Å². The zero-order chi connectivity index (χ0) is 18.5. The smallest absolute Gasteiger partial charge is 0.365 e. The highest BCUT2D eigenvalue weighted by Crippen LogP contribution is 2.16. The Labute approximate surface area is 151 Å². The lowest BCUT2D eigenvalue weighted by atomic mass is 10.1. The lowest BCUT2D eigenvalue weighted by Crippen LogP contribution is -2.31. The van der Waals surface area contributed by atoms with Gasteiger partial charge in [-0.2, -0.15) is 4.68 Å². The zero-order valence-corrected chi connectivity index (χ0v) is 14.8. The van der Waals surface area contributed by atoms with Crippen molar-refractivity contribution in [1.29, 1.82) is 0 Å². The van der Waals surface area contributed by atoms with E-state index < -0.39 is 0 Å². The fourth-order valence-electron chi connectivity index (χ4n) is 2.59. The molecule has 0 unspecified atom stereocenters. The number of nitrogens with one attached hydrogen (secondary N) is 1. The molecule has 2 aromatic carbocycles. The third kappa shape index (κ3) is 3.78. The van der Waals surface area contributed by atoms with Crippen molar-refractivity contribution < 1.29 is 9.84 Å². The van der Waals surface area contributed by atoms with Crippen LogP contribution in [-0.4, -0.2) is 33.3 Å². The second-order valence-corrected chi connectivity index (χ2v) is 5.94. The summed E-state index contributed by atoms with van der Waals surface area (Å²) in [5.41, 5.74) is 5.77. The van der Waals surface area contributed by atoms with E-state index in [1.54, 1.807) is 7.11 Å². The van der Waals surface area contributed by atoms with Gasteiger partial charge in [0.05, 0.1) is 26.8 Å². The van der Waals surface area contributed by atoms with E-state index in [-0.39, 0.29) is 18.8 Å². The van der Waals surface area contributed by atoms with Gasteiger partial charge < -0.3 is 15.3 Å². The lowest BCUT2D eigenvalue weighted by Gasteiger charge is -2.10. The molecule has 0 aliphatic rings.